The Kier molecular flexibility index (Phi) is 9.73. The average molecular weight is 701 g/mol. The number of likely N-dealkylation sites (tertiary alicyclic amines) is 1. The average Bonchev–Trinajstić information content (AvgIpc) is 3.44. The Hall–Kier alpha value is -5.50. The highest BCUT2D eigenvalue weighted by Crippen LogP contribution is 2.46. The quantitative estimate of drug-likeness (QED) is 0.165. The highest BCUT2D eigenvalue weighted by Gasteiger charge is 2.34. The zero-order chi connectivity index (χ0) is 35.6. The van der Waals surface area contributed by atoms with E-state index in [1.807, 2.05) is 49.4 Å². The van der Waals surface area contributed by atoms with Gasteiger partial charge in [0.05, 0.1) is 22.4 Å². The molecule has 12 nitrogen and oxygen atoms in total. The molecule has 2 aromatic carbocycles. The third-order valence-electron chi connectivity index (χ3n) is 8.01. The van der Waals surface area contributed by atoms with Gasteiger partial charge in [-0.2, -0.15) is 0 Å². The number of aromatic nitrogens is 1. The number of hydrogen-bond acceptors (Lipinski definition) is 8. The van der Waals surface area contributed by atoms with Crippen LogP contribution in [-0.2, 0) is 9.53 Å². The van der Waals surface area contributed by atoms with E-state index >= 15 is 0 Å². The molecule has 6 rings (SSSR count). The van der Waals surface area contributed by atoms with Gasteiger partial charge in [-0.15, -0.1) is 11.3 Å². The van der Waals surface area contributed by atoms with Crippen LogP contribution in [0.2, 0.25) is 0 Å². The van der Waals surface area contributed by atoms with Gasteiger partial charge < -0.3 is 30.3 Å². The Morgan fingerprint density at radius 1 is 1.10 bits per heavy atom. The number of anilines is 3. The van der Waals surface area contributed by atoms with Crippen molar-refractivity contribution in [3.63, 3.8) is 0 Å². The van der Waals surface area contributed by atoms with Crippen LogP contribution in [0, 0.1) is 6.92 Å². The molecule has 2 aliphatic rings. The van der Waals surface area contributed by atoms with Crippen molar-refractivity contribution in [2.24, 2.45) is 0 Å². The van der Waals surface area contributed by atoms with E-state index < -0.39 is 41.4 Å². The molecule has 0 bridgehead atoms. The second kappa shape index (κ2) is 14.2. The number of nitrogens with one attached hydrogen (secondary N) is 3. The number of benzene rings is 2. The number of amides is 5. The zero-order valence-electron chi connectivity index (χ0n) is 28.0. The van der Waals surface area contributed by atoms with E-state index in [9.17, 15) is 23.6 Å². The minimum Gasteiger partial charge on any atom is -0.457 e. The highest BCUT2D eigenvalue weighted by atomic mass is 32.1. The predicted octanol–water partition coefficient (Wildman–Crippen LogP) is 7.18. The van der Waals surface area contributed by atoms with Gasteiger partial charge in [0.1, 0.15) is 26.8 Å². The third-order valence-corrected chi connectivity index (χ3v) is 9.11. The number of pyridine rings is 1. The minimum atomic E-state index is -1.01. The minimum absolute atomic E-state index is 0.0957. The number of urea groups is 1. The van der Waals surface area contributed by atoms with Gasteiger partial charge >= 0.3 is 12.1 Å². The van der Waals surface area contributed by atoms with Gasteiger partial charge in [0.15, 0.2) is 5.83 Å². The number of hydrogen-bond donors (Lipinski definition) is 3. The van der Waals surface area contributed by atoms with Crippen molar-refractivity contribution in [3.8, 4) is 11.5 Å². The van der Waals surface area contributed by atoms with E-state index in [1.165, 1.54) is 4.90 Å². The Bertz CT molecular complexity index is 1990. The molecule has 0 spiro atoms. The molecular formula is C36H37FN6O6S. The summed E-state index contributed by atoms with van der Waals surface area (Å²) in [6, 6.07) is 15.7. The number of halogens is 1. The van der Waals surface area contributed by atoms with E-state index in [0.29, 0.717) is 58.2 Å². The lowest BCUT2D eigenvalue weighted by Gasteiger charge is -2.33. The molecule has 3 N–H and O–H groups in total. The maximum absolute atomic E-state index is 14.7. The van der Waals surface area contributed by atoms with Crippen molar-refractivity contribution >= 4 is 62.6 Å². The molecule has 0 saturated carbocycles. The number of ether oxygens (including phenoxy) is 2. The summed E-state index contributed by atoms with van der Waals surface area (Å²) in [4.78, 5) is 60.2. The molecule has 1 atom stereocenters. The smallest absolute Gasteiger partial charge is 0.407 e. The predicted molar refractivity (Wildman–Crippen MR) is 189 cm³/mol. The Balaban J connectivity index is 1.15. The van der Waals surface area contributed by atoms with Crippen LogP contribution < -0.4 is 25.6 Å². The normalized spacial score (nSPS) is 16.1. The van der Waals surface area contributed by atoms with Crippen molar-refractivity contribution in [3.05, 3.63) is 83.1 Å². The molecule has 4 heterocycles. The molecule has 5 amide bonds. The van der Waals surface area contributed by atoms with Crippen molar-refractivity contribution < 1.29 is 33.0 Å². The highest BCUT2D eigenvalue weighted by molar-refractivity contribution is 7.21. The second-order valence-corrected chi connectivity index (χ2v) is 13.9. The molecule has 2 aliphatic heterocycles. The summed E-state index contributed by atoms with van der Waals surface area (Å²) in [6.07, 6.45) is 2.99. The lowest BCUT2D eigenvalue weighted by Crippen LogP contribution is -2.49. The lowest BCUT2D eigenvalue weighted by molar-refractivity contribution is -0.130. The van der Waals surface area contributed by atoms with Gasteiger partial charge in [-0.05, 0) is 88.6 Å². The summed E-state index contributed by atoms with van der Waals surface area (Å²) in [5.74, 6) is -0.953. The molecule has 0 aliphatic carbocycles. The molecule has 2 aromatic heterocycles. The van der Waals surface area contributed by atoms with Gasteiger partial charge in [0.25, 0.3) is 11.8 Å². The van der Waals surface area contributed by atoms with Crippen LogP contribution >= 0.6 is 11.3 Å². The molecule has 0 radical (unpaired) electrons. The number of carbonyl (C=O) groups excluding carboxylic acids is 4. The van der Waals surface area contributed by atoms with Crippen molar-refractivity contribution in [2.45, 2.75) is 52.2 Å². The van der Waals surface area contributed by atoms with Crippen LogP contribution in [0.5, 0.6) is 11.5 Å². The molecule has 1 saturated heterocycles. The number of nitrogens with zero attached hydrogens (tertiary/aromatic N) is 3. The SMILES string of the molecule is Cc1cc(Oc2ccccc2)ccc1N1C(=O)Nc2c(C(=O)N[C@@H]3CCCN(C(=O)/C(F)=C/CNC(=O)OC(C)(C)C)C3)sc3nccc1c23. The van der Waals surface area contributed by atoms with Crippen LogP contribution in [-0.4, -0.2) is 65.1 Å². The standard InChI is InChI=1S/C36H37FN6O6S/c1-21-19-24(48-23-10-6-5-7-11-23)12-13-26(21)43-27-15-17-38-32-28(27)29(41-34(43)46)30(50-32)31(44)40-22-9-8-18-42(20-22)33(45)25(37)14-16-39-35(47)49-36(2,3)4/h5-7,10-15,17,19,22H,8-9,16,18,20H2,1-4H3,(H,39,47)(H,40,44)(H,41,46)/b25-14-/t22-/m1/s1. The maximum Gasteiger partial charge on any atom is 0.407 e. The van der Waals surface area contributed by atoms with E-state index in [0.717, 1.165) is 23.0 Å². The first-order valence-corrected chi connectivity index (χ1v) is 17.0. The zero-order valence-corrected chi connectivity index (χ0v) is 28.9. The van der Waals surface area contributed by atoms with Gasteiger partial charge in [0.2, 0.25) is 0 Å². The van der Waals surface area contributed by atoms with E-state index in [1.54, 1.807) is 44.0 Å². The molecule has 260 valence electrons. The Labute approximate surface area is 292 Å². The van der Waals surface area contributed by atoms with Gasteiger partial charge in [-0.3, -0.25) is 14.5 Å². The number of alkyl carbamates (subject to hydrolysis) is 1. The summed E-state index contributed by atoms with van der Waals surface area (Å²) >= 11 is 1.15. The van der Waals surface area contributed by atoms with E-state index in [2.05, 4.69) is 20.9 Å². The second-order valence-electron chi connectivity index (χ2n) is 12.9. The van der Waals surface area contributed by atoms with Gasteiger partial charge in [-0.1, -0.05) is 18.2 Å². The first-order chi connectivity index (χ1) is 23.9. The first-order valence-electron chi connectivity index (χ1n) is 16.2. The van der Waals surface area contributed by atoms with Crippen molar-refractivity contribution in [1.29, 1.82) is 0 Å². The fraction of sp³-hybridized carbons (Fsp3) is 0.306. The summed E-state index contributed by atoms with van der Waals surface area (Å²) in [7, 11) is 0. The van der Waals surface area contributed by atoms with Crippen LogP contribution in [0.3, 0.4) is 0 Å². The van der Waals surface area contributed by atoms with Crippen molar-refractivity contribution in [1.82, 2.24) is 20.5 Å². The molecule has 50 heavy (non-hydrogen) atoms. The fourth-order valence-corrected chi connectivity index (χ4v) is 6.88. The summed E-state index contributed by atoms with van der Waals surface area (Å²) in [5.41, 5.74) is 1.69. The summed E-state index contributed by atoms with van der Waals surface area (Å²) in [6.45, 7) is 7.20. The first kappa shape index (κ1) is 34.4. The van der Waals surface area contributed by atoms with E-state index in [-0.39, 0.29) is 18.0 Å². The monoisotopic (exact) mass is 700 g/mol. The van der Waals surface area contributed by atoms with Crippen molar-refractivity contribution in [2.75, 3.05) is 29.9 Å². The summed E-state index contributed by atoms with van der Waals surface area (Å²) in [5, 5.41) is 8.90. The number of piperidine rings is 1. The third kappa shape index (κ3) is 7.54. The van der Waals surface area contributed by atoms with Crippen LogP contribution in [0.4, 0.5) is 31.0 Å². The maximum atomic E-state index is 14.7. The molecular weight excluding hydrogens is 663 g/mol. The van der Waals surface area contributed by atoms with Crippen LogP contribution in [0.15, 0.2) is 72.7 Å². The van der Waals surface area contributed by atoms with Crippen LogP contribution in [0.25, 0.3) is 10.2 Å². The molecule has 0 unspecified atom stereocenters. The Morgan fingerprint density at radius 3 is 2.62 bits per heavy atom. The number of para-hydroxylation sites is 1. The topological polar surface area (TPSA) is 142 Å². The molecule has 1 fully saturated rings. The number of aryl methyl sites for hydroxylation is 1. The summed E-state index contributed by atoms with van der Waals surface area (Å²) < 4.78 is 25.8. The molecule has 14 heteroatoms. The largest absolute Gasteiger partial charge is 0.457 e. The number of rotatable bonds is 8. The molecule has 4 aromatic rings. The van der Waals surface area contributed by atoms with Gasteiger partial charge in [-0.25, -0.2) is 19.0 Å². The number of carbonyl (C=O) groups is 4. The Morgan fingerprint density at radius 2 is 1.88 bits per heavy atom. The van der Waals surface area contributed by atoms with Crippen LogP contribution in [0.1, 0.15) is 48.8 Å². The number of thiophene rings is 1. The van der Waals surface area contributed by atoms with E-state index in [4.69, 9.17) is 9.47 Å². The lowest BCUT2D eigenvalue weighted by atomic mass is 10.0. The van der Waals surface area contributed by atoms with Gasteiger partial charge in [0, 0.05) is 31.9 Å². The fourth-order valence-electron chi connectivity index (χ4n) is 5.86.